The van der Waals surface area contributed by atoms with Gasteiger partial charge in [0.2, 0.25) is 0 Å². The molecule has 0 bridgehead atoms. The summed E-state index contributed by atoms with van der Waals surface area (Å²) in [6, 6.07) is 9.74. The SMILES string of the molecule is C[C@@H](CO)N[C@H]1CCN(C(=O)c2ccccc2)C1. The first-order chi connectivity index (χ1) is 8.70. The number of benzene rings is 1. The second-order valence-electron chi connectivity index (χ2n) is 4.85. The zero-order chi connectivity index (χ0) is 13.0. The van der Waals surface area contributed by atoms with Gasteiger partial charge < -0.3 is 15.3 Å². The number of rotatable bonds is 4. The highest BCUT2D eigenvalue weighted by molar-refractivity contribution is 5.94. The number of carbonyl (C=O) groups excluding carboxylic acids is 1. The van der Waals surface area contributed by atoms with Crippen molar-refractivity contribution in [3.05, 3.63) is 35.9 Å². The topological polar surface area (TPSA) is 52.6 Å². The van der Waals surface area contributed by atoms with E-state index in [1.54, 1.807) is 0 Å². The summed E-state index contributed by atoms with van der Waals surface area (Å²) < 4.78 is 0. The molecule has 1 saturated heterocycles. The molecule has 1 amide bonds. The Morgan fingerprint density at radius 3 is 2.89 bits per heavy atom. The van der Waals surface area contributed by atoms with Crippen LogP contribution >= 0.6 is 0 Å². The minimum atomic E-state index is 0.0850. The van der Waals surface area contributed by atoms with Crippen LogP contribution in [0.4, 0.5) is 0 Å². The number of nitrogens with zero attached hydrogens (tertiary/aromatic N) is 1. The average molecular weight is 248 g/mol. The van der Waals surface area contributed by atoms with Gasteiger partial charge in [0.25, 0.3) is 5.91 Å². The number of aliphatic hydroxyl groups excluding tert-OH is 1. The third-order valence-corrected chi connectivity index (χ3v) is 3.29. The number of likely N-dealkylation sites (tertiary alicyclic amines) is 1. The summed E-state index contributed by atoms with van der Waals surface area (Å²) in [4.78, 5) is 14.1. The molecular weight excluding hydrogens is 228 g/mol. The van der Waals surface area contributed by atoms with Crippen LogP contribution in [0.2, 0.25) is 0 Å². The van der Waals surface area contributed by atoms with Gasteiger partial charge in [-0.1, -0.05) is 18.2 Å². The van der Waals surface area contributed by atoms with Gasteiger partial charge >= 0.3 is 0 Å². The van der Waals surface area contributed by atoms with Crippen LogP contribution in [-0.4, -0.2) is 47.7 Å². The largest absolute Gasteiger partial charge is 0.395 e. The van der Waals surface area contributed by atoms with Crippen molar-refractivity contribution in [2.75, 3.05) is 19.7 Å². The molecule has 0 spiro atoms. The molecule has 1 aliphatic rings. The Morgan fingerprint density at radius 2 is 2.22 bits per heavy atom. The molecular formula is C14H20N2O2. The Morgan fingerprint density at radius 1 is 1.50 bits per heavy atom. The molecule has 98 valence electrons. The van der Waals surface area contributed by atoms with E-state index in [0.717, 1.165) is 25.1 Å². The lowest BCUT2D eigenvalue weighted by atomic mass is 10.2. The molecule has 0 unspecified atom stereocenters. The van der Waals surface area contributed by atoms with Gasteiger partial charge in [-0.2, -0.15) is 0 Å². The summed E-state index contributed by atoms with van der Waals surface area (Å²) in [5, 5.41) is 12.3. The maximum absolute atomic E-state index is 12.2. The van der Waals surface area contributed by atoms with E-state index in [-0.39, 0.29) is 18.6 Å². The first-order valence-electron chi connectivity index (χ1n) is 6.42. The van der Waals surface area contributed by atoms with Crippen LogP contribution in [0.5, 0.6) is 0 Å². The third-order valence-electron chi connectivity index (χ3n) is 3.29. The van der Waals surface area contributed by atoms with Crippen molar-refractivity contribution in [3.63, 3.8) is 0 Å². The van der Waals surface area contributed by atoms with E-state index in [2.05, 4.69) is 5.32 Å². The molecule has 0 saturated carbocycles. The quantitative estimate of drug-likeness (QED) is 0.831. The summed E-state index contributed by atoms with van der Waals surface area (Å²) in [6.45, 7) is 3.58. The standard InChI is InChI=1S/C14H20N2O2/c1-11(10-17)15-13-7-8-16(9-13)14(18)12-5-3-2-4-6-12/h2-6,11,13,15,17H,7-10H2,1H3/t11-,13-/m0/s1. The molecule has 4 heteroatoms. The zero-order valence-electron chi connectivity index (χ0n) is 10.7. The Balaban J connectivity index is 1.91. The van der Waals surface area contributed by atoms with Crippen LogP contribution in [0.15, 0.2) is 30.3 Å². The lowest BCUT2D eigenvalue weighted by Crippen LogP contribution is -2.41. The third kappa shape index (κ3) is 3.09. The van der Waals surface area contributed by atoms with Gasteiger partial charge in [-0.15, -0.1) is 0 Å². The normalized spacial score (nSPS) is 21.0. The predicted octanol–water partition coefficient (Wildman–Crippen LogP) is 0.871. The predicted molar refractivity (Wildman–Crippen MR) is 70.4 cm³/mol. The highest BCUT2D eigenvalue weighted by Gasteiger charge is 2.27. The highest BCUT2D eigenvalue weighted by Crippen LogP contribution is 2.14. The molecule has 1 fully saturated rings. The maximum atomic E-state index is 12.2. The summed E-state index contributed by atoms with van der Waals surface area (Å²) in [6.07, 6.45) is 0.947. The van der Waals surface area contributed by atoms with Crippen LogP contribution in [0, 0.1) is 0 Å². The fraction of sp³-hybridized carbons (Fsp3) is 0.500. The van der Waals surface area contributed by atoms with Crippen LogP contribution in [-0.2, 0) is 0 Å². The highest BCUT2D eigenvalue weighted by atomic mass is 16.3. The molecule has 18 heavy (non-hydrogen) atoms. The molecule has 0 aromatic heterocycles. The lowest BCUT2D eigenvalue weighted by molar-refractivity contribution is 0.0788. The summed E-state index contributed by atoms with van der Waals surface area (Å²) in [5.41, 5.74) is 0.744. The van der Waals surface area contributed by atoms with E-state index < -0.39 is 0 Å². The first kappa shape index (κ1) is 13.1. The van der Waals surface area contributed by atoms with Crippen LogP contribution in [0.25, 0.3) is 0 Å². The molecule has 0 radical (unpaired) electrons. The van der Waals surface area contributed by atoms with Crippen molar-refractivity contribution in [1.82, 2.24) is 10.2 Å². The molecule has 0 aliphatic carbocycles. The Hall–Kier alpha value is -1.39. The van der Waals surface area contributed by atoms with Gasteiger partial charge in [-0.3, -0.25) is 4.79 Å². The van der Waals surface area contributed by atoms with E-state index in [9.17, 15) is 4.79 Å². The number of hydrogen-bond acceptors (Lipinski definition) is 3. The van der Waals surface area contributed by atoms with Gasteiger partial charge in [0.05, 0.1) is 6.61 Å². The van der Waals surface area contributed by atoms with Gasteiger partial charge in [-0.25, -0.2) is 0 Å². The first-order valence-corrected chi connectivity index (χ1v) is 6.42. The Labute approximate surface area is 108 Å². The van der Waals surface area contributed by atoms with Gasteiger partial charge in [-0.05, 0) is 25.5 Å². The Bertz CT molecular complexity index is 394. The van der Waals surface area contributed by atoms with Crippen molar-refractivity contribution < 1.29 is 9.90 Å². The van der Waals surface area contributed by atoms with E-state index in [0.29, 0.717) is 6.04 Å². The smallest absolute Gasteiger partial charge is 0.253 e. The molecule has 1 aromatic carbocycles. The van der Waals surface area contributed by atoms with Gasteiger partial charge in [0.15, 0.2) is 0 Å². The minimum absolute atomic E-state index is 0.0850. The molecule has 1 heterocycles. The van der Waals surface area contributed by atoms with Crippen molar-refractivity contribution in [2.24, 2.45) is 0 Å². The zero-order valence-corrected chi connectivity index (χ0v) is 10.7. The van der Waals surface area contributed by atoms with Crippen LogP contribution < -0.4 is 5.32 Å². The monoisotopic (exact) mass is 248 g/mol. The van der Waals surface area contributed by atoms with Crippen LogP contribution in [0.1, 0.15) is 23.7 Å². The summed E-state index contributed by atoms with van der Waals surface area (Å²) in [5.74, 6) is 0.0940. The van der Waals surface area contributed by atoms with E-state index in [1.165, 1.54) is 0 Å². The number of carbonyl (C=O) groups is 1. The summed E-state index contributed by atoms with van der Waals surface area (Å²) >= 11 is 0. The average Bonchev–Trinajstić information content (AvgIpc) is 2.87. The number of amides is 1. The molecule has 2 rings (SSSR count). The fourth-order valence-corrected chi connectivity index (χ4v) is 2.30. The van der Waals surface area contributed by atoms with Gasteiger partial charge in [0.1, 0.15) is 0 Å². The number of aliphatic hydroxyl groups is 1. The van der Waals surface area contributed by atoms with Crippen molar-refractivity contribution in [2.45, 2.75) is 25.4 Å². The molecule has 2 atom stereocenters. The molecule has 1 aromatic rings. The second-order valence-corrected chi connectivity index (χ2v) is 4.85. The molecule has 4 nitrogen and oxygen atoms in total. The second kappa shape index (κ2) is 5.98. The molecule has 1 aliphatic heterocycles. The number of hydrogen-bond donors (Lipinski definition) is 2. The van der Waals surface area contributed by atoms with Gasteiger partial charge in [0, 0.05) is 30.7 Å². The van der Waals surface area contributed by atoms with E-state index in [4.69, 9.17) is 5.11 Å². The van der Waals surface area contributed by atoms with Crippen molar-refractivity contribution in [3.8, 4) is 0 Å². The fourth-order valence-electron chi connectivity index (χ4n) is 2.30. The van der Waals surface area contributed by atoms with Crippen LogP contribution in [0.3, 0.4) is 0 Å². The summed E-state index contributed by atoms with van der Waals surface area (Å²) in [7, 11) is 0. The minimum Gasteiger partial charge on any atom is -0.395 e. The van der Waals surface area contributed by atoms with E-state index >= 15 is 0 Å². The number of nitrogens with one attached hydrogen (secondary N) is 1. The van der Waals surface area contributed by atoms with Crippen molar-refractivity contribution in [1.29, 1.82) is 0 Å². The Kier molecular flexibility index (Phi) is 4.33. The van der Waals surface area contributed by atoms with Crippen molar-refractivity contribution >= 4 is 5.91 Å². The van der Waals surface area contributed by atoms with E-state index in [1.807, 2.05) is 42.2 Å². The lowest BCUT2D eigenvalue weighted by Gasteiger charge is -2.19. The molecule has 2 N–H and O–H groups in total. The maximum Gasteiger partial charge on any atom is 0.253 e.